The van der Waals surface area contributed by atoms with Crippen molar-refractivity contribution in [1.29, 1.82) is 0 Å². The first kappa shape index (κ1) is 19.2. The zero-order valence-electron chi connectivity index (χ0n) is 15.8. The van der Waals surface area contributed by atoms with E-state index in [1.165, 1.54) is 17.3 Å². The summed E-state index contributed by atoms with van der Waals surface area (Å²) < 4.78 is 2.03. The van der Waals surface area contributed by atoms with Crippen molar-refractivity contribution in [2.45, 2.75) is 31.0 Å². The lowest BCUT2D eigenvalue weighted by atomic mass is 10.1. The van der Waals surface area contributed by atoms with E-state index in [0.717, 1.165) is 29.3 Å². The molecule has 0 fully saturated rings. The van der Waals surface area contributed by atoms with Crippen LogP contribution in [0.5, 0.6) is 0 Å². The van der Waals surface area contributed by atoms with Crippen LogP contribution in [-0.4, -0.2) is 27.3 Å². The fourth-order valence-corrected chi connectivity index (χ4v) is 3.71. The van der Waals surface area contributed by atoms with Gasteiger partial charge in [0.1, 0.15) is 0 Å². The van der Waals surface area contributed by atoms with Crippen molar-refractivity contribution >= 4 is 17.7 Å². The number of hydrogen-bond acceptors (Lipinski definition) is 3. The van der Waals surface area contributed by atoms with Crippen molar-refractivity contribution < 1.29 is 4.79 Å². The summed E-state index contributed by atoms with van der Waals surface area (Å²) in [5, 5.41) is 3.93. The Labute approximate surface area is 165 Å². The summed E-state index contributed by atoms with van der Waals surface area (Å²) in [5.74, 6) is 0.416. The van der Waals surface area contributed by atoms with Crippen molar-refractivity contribution in [1.82, 2.24) is 14.9 Å². The number of thioether (sulfide) groups is 1. The first-order chi connectivity index (χ1) is 13.1. The fraction of sp³-hybridized carbons (Fsp3) is 0.273. The highest BCUT2D eigenvalue weighted by atomic mass is 32.2. The average molecular weight is 380 g/mol. The van der Waals surface area contributed by atoms with Gasteiger partial charge in [-0.2, -0.15) is 0 Å². The van der Waals surface area contributed by atoms with E-state index >= 15 is 0 Å². The average Bonchev–Trinajstić information content (AvgIpc) is 3.07. The van der Waals surface area contributed by atoms with E-state index in [1.807, 2.05) is 54.2 Å². The van der Waals surface area contributed by atoms with Gasteiger partial charge >= 0.3 is 0 Å². The zero-order chi connectivity index (χ0) is 19.1. The number of benzene rings is 2. The molecule has 0 bridgehead atoms. The highest BCUT2D eigenvalue weighted by molar-refractivity contribution is 7.99. The molecule has 27 heavy (non-hydrogen) atoms. The molecular weight excluding hydrogens is 354 g/mol. The van der Waals surface area contributed by atoms with Gasteiger partial charge in [-0.1, -0.05) is 72.4 Å². The second-order valence-electron chi connectivity index (χ2n) is 6.63. The van der Waals surface area contributed by atoms with Crippen LogP contribution in [0.3, 0.4) is 0 Å². The molecule has 1 atom stereocenters. The van der Waals surface area contributed by atoms with Crippen LogP contribution in [0.2, 0.25) is 0 Å². The largest absolute Gasteiger partial charge is 0.353 e. The minimum absolute atomic E-state index is 0.0461. The molecule has 3 aromatic rings. The van der Waals surface area contributed by atoms with Gasteiger partial charge in [0.25, 0.3) is 0 Å². The van der Waals surface area contributed by atoms with Gasteiger partial charge in [0.15, 0.2) is 5.16 Å². The summed E-state index contributed by atoms with van der Waals surface area (Å²) in [6.07, 6.45) is 3.76. The molecule has 140 valence electrons. The quantitative estimate of drug-likeness (QED) is 0.593. The van der Waals surface area contributed by atoms with Crippen LogP contribution >= 0.6 is 11.8 Å². The summed E-state index contributed by atoms with van der Waals surface area (Å²) in [4.78, 5) is 16.7. The van der Waals surface area contributed by atoms with Crippen LogP contribution in [0.1, 0.15) is 18.9 Å². The number of rotatable bonds is 8. The molecule has 0 radical (unpaired) electrons. The van der Waals surface area contributed by atoms with Crippen LogP contribution in [0.15, 0.2) is 72.0 Å². The van der Waals surface area contributed by atoms with Gasteiger partial charge in [-0.25, -0.2) is 4.98 Å². The zero-order valence-corrected chi connectivity index (χ0v) is 16.6. The minimum atomic E-state index is 0.0461. The predicted molar refractivity (Wildman–Crippen MR) is 112 cm³/mol. The van der Waals surface area contributed by atoms with Crippen LogP contribution < -0.4 is 5.32 Å². The summed E-state index contributed by atoms with van der Waals surface area (Å²) in [5.41, 5.74) is 3.47. The van der Waals surface area contributed by atoms with E-state index in [1.54, 1.807) is 0 Å². The Morgan fingerprint density at radius 3 is 2.48 bits per heavy atom. The second kappa shape index (κ2) is 9.42. The standard InChI is InChI=1S/C22H25N3OS/c1-17(13-14-18-9-5-3-6-10-18)24-21(26)16-27-22-23-15-20(25(22)2)19-11-7-4-8-12-19/h3-12,15,17H,13-14,16H2,1-2H3,(H,24,26). The summed E-state index contributed by atoms with van der Waals surface area (Å²) >= 11 is 1.47. The molecular formula is C22H25N3OS. The summed E-state index contributed by atoms with van der Waals surface area (Å²) in [6.45, 7) is 2.06. The third-order valence-electron chi connectivity index (χ3n) is 4.46. The molecule has 0 aliphatic carbocycles. The SMILES string of the molecule is CC(CCc1ccccc1)NC(=O)CSc1ncc(-c2ccccc2)n1C. The van der Waals surface area contributed by atoms with Crippen molar-refractivity contribution in [3.8, 4) is 11.3 Å². The van der Waals surface area contributed by atoms with E-state index in [2.05, 4.69) is 41.5 Å². The number of nitrogens with one attached hydrogen (secondary N) is 1. The maximum atomic E-state index is 12.3. The maximum absolute atomic E-state index is 12.3. The number of hydrogen-bond donors (Lipinski definition) is 1. The third kappa shape index (κ3) is 5.47. The highest BCUT2D eigenvalue weighted by Gasteiger charge is 2.12. The molecule has 0 spiro atoms. The van der Waals surface area contributed by atoms with Crippen LogP contribution in [0.25, 0.3) is 11.3 Å². The molecule has 3 rings (SSSR count). The molecule has 1 amide bonds. The molecule has 1 N–H and O–H groups in total. The number of carbonyl (C=O) groups excluding carboxylic acids is 1. The molecule has 0 aliphatic rings. The van der Waals surface area contributed by atoms with Crippen molar-refractivity contribution in [3.63, 3.8) is 0 Å². The van der Waals surface area contributed by atoms with Gasteiger partial charge in [0.05, 0.1) is 17.6 Å². The first-order valence-electron chi connectivity index (χ1n) is 9.16. The predicted octanol–water partition coefficient (Wildman–Crippen LogP) is 4.32. The number of aryl methyl sites for hydroxylation is 1. The van der Waals surface area contributed by atoms with Gasteiger partial charge in [0.2, 0.25) is 5.91 Å². The lowest BCUT2D eigenvalue weighted by Crippen LogP contribution is -2.34. The van der Waals surface area contributed by atoms with Crippen LogP contribution in [-0.2, 0) is 18.3 Å². The summed E-state index contributed by atoms with van der Waals surface area (Å²) in [7, 11) is 1.98. The van der Waals surface area contributed by atoms with Crippen molar-refractivity contribution in [2.75, 3.05) is 5.75 Å². The Balaban J connectivity index is 1.47. The van der Waals surface area contributed by atoms with Crippen molar-refractivity contribution in [2.24, 2.45) is 7.05 Å². The van der Waals surface area contributed by atoms with Gasteiger partial charge in [0, 0.05) is 13.1 Å². The number of amides is 1. The highest BCUT2D eigenvalue weighted by Crippen LogP contribution is 2.24. The molecule has 4 nitrogen and oxygen atoms in total. The molecule has 5 heteroatoms. The molecule has 1 aromatic heterocycles. The third-order valence-corrected chi connectivity index (χ3v) is 5.51. The second-order valence-corrected chi connectivity index (χ2v) is 7.58. The van der Waals surface area contributed by atoms with Gasteiger partial charge in [-0.15, -0.1) is 0 Å². The smallest absolute Gasteiger partial charge is 0.230 e. The van der Waals surface area contributed by atoms with E-state index < -0.39 is 0 Å². The number of imidazole rings is 1. The lowest BCUT2D eigenvalue weighted by Gasteiger charge is -2.14. The topological polar surface area (TPSA) is 46.9 Å². The monoisotopic (exact) mass is 379 g/mol. The minimum Gasteiger partial charge on any atom is -0.353 e. The van der Waals surface area contributed by atoms with Crippen LogP contribution in [0, 0.1) is 0 Å². The molecule has 2 aromatic carbocycles. The maximum Gasteiger partial charge on any atom is 0.230 e. The molecule has 0 aliphatic heterocycles. The van der Waals surface area contributed by atoms with Crippen LogP contribution in [0.4, 0.5) is 0 Å². The number of carbonyl (C=O) groups is 1. The molecule has 1 heterocycles. The Morgan fingerprint density at radius 2 is 1.78 bits per heavy atom. The summed E-state index contributed by atoms with van der Waals surface area (Å²) in [6, 6.07) is 20.7. The Hall–Kier alpha value is -2.53. The fourth-order valence-electron chi connectivity index (χ4n) is 2.95. The van der Waals surface area contributed by atoms with Gasteiger partial charge in [-0.3, -0.25) is 4.79 Å². The van der Waals surface area contributed by atoms with Gasteiger partial charge < -0.3 is 9.88 Å². The van der Waals surface area contributed by atoms with E-state index in [4.69, 9.17) is 0 Å². The number of nitrogens with zero attached hydrogens (tertiary/aromatic N) is 2. The molecule has 1 unspecified atom stereocenters. The Morgan fingerprint density at radius 1 is 1.11 bits per heavy atom. The van der Waals surface area contributed by atoms with Crippen molar-refractivity contribution in [3.05, 3.63) is 72.4 Å². The molecule has 0 saturated heterocycles. The van der Waals surface area contributed by atoms with Gasteiger partial charge in [-0.05, 0) is 30.9 Å². The van der Waals surface area contributed by atoms with E-state index in [0.29, 0.717) is 5.75 Å². The lowest BCUT2D eigenvalue weighted by molar-refractivity contribution is -0.119. The number of aromatic nitrogens is 2. The first-order valence-corrected chi connectivity index (χ1v) is 10.2. The Kier molecular flexibility index (Phi) is 6.71. The molecule has 0 saturated carbocycles. The Bertz CT molecular complexity index is 862. The van der Waals surface area contributed by atoms with E-state index in [-0.39, 0.29) is 11.9 Å². The van der Waals surface area contributed by atoms with E-state index in [9.17, 15) is 4.79 Å². The normalized spacial score (nSPS) is 11.9.